The van der Waals surface area contributed by atoms with Crippen molar-refractivity contribution in [2.24, 2.45) is 0 Å². The van der Waals surface area contributed by atoms with Gasteiger partial charge in [-0.3, -0.25) is 4.90 Å². The second kappa shape index (κ2) is 7.01. The minimum atomic E-state index is 0.821. The van der Waals surface area contributed by atoms with Crippen LogP contribution < -0.4 is 4.90 Å². The van der Waals surface area contributed by atoms with Gasteiger partial charge in [0.1, 0.15) is 0 Å². The first-order valence-corrected chi connectivity index (χ1v) is 8.03. The van der Waals surface area contributed by atoms with Gasteiger partial charge in [0, 0.05) is 55.8 Å². The van der Waals surface area contributed by atoms with Crippen LogP contribution in [0.5, 0.6) is 0 Å². The lowest BCUT2D eigenvalue weighted by Crippen LogP contribution is -2.46. The highest BCUT2D eigenvalue weighted by atomic mass is 35.5. The van der Waals surface area contributed by atoms with E-state index in [9.17, 15) is 0 Å². The monoisotopic (exact) mass is 303 g/mol. The molecule has 112 valence electrons. The Morgan fingerprint density at radius 2 is 1.67 bits per heavy atom. The van der Waals surface area contributed by atoms with Crippen LogP contribution in [0.1, 0.15) is 6.42 Å². The van der Waals surface area contributed by atoms with Crippen molar-refractivity contribution in [3.63, 3.8) is 0 Å². The molecule has 1 aliphatic rings. The maximum atomic E-state index is 6.07. The fraction of sp³-hybridized carbons (Fsp3) is 0.412. The molecular formula is C17H22ClN3. The van der Waals surface area contributed by atoms with Crippen LogP contribution in [-0.4, -0.2) is 42.2 Å². The lowest BCUT2D eigenvalue weighted by Gasteiger charge is -2.36. The van der Waals surface area contributed by atoms with Gasteiger partial charge in [-0.2, -0.15) is 0 Å². The summed E-state index contributed by atoms with van der Waals surface area (Å²) in [6.07, 6.45) is 5.49. The third-order valence-corrected chi connectivity index (χ3v) is 4.34. The number of benzene rings is 1. The van der Waals surface area contributed by atoms with Crippen molar-refractivity contribution in [3.8, 4) is 0 Å². The molecule has 0 atom stereocenters. The summed E-state index contributed by atoms with van der Waals surface area (Å²) in [5.74, 6) is 0. The molecule has 0 amide bonds. The number of anilines is 1. The Morgan fingerprint density at radius 3 is 2.38 bits per heavy atom. The van der Waals surface area contributed by atoms with Gasteiger partial charge in [-0.25, -0.2) is 0 Å². The van der Waals surface area contributed by atoms with Crippen molar-refractivity contribution in [2.45, 2.75) is 13.0 Å². The molecule has 1 fully saturated rings. The lowest BCUT2D eigenvalue weighted by molar-refractivity contribution is 0.250. The van der Waals surface area contributed by atoms with Gasteiger partial charge in [0.2, 0.25) is 0 Å². The molecular weight excluding hydrogens is 282 g/mol. The second-order valence-electron chi connectivity index (χ2n) is 5.58. The van der Waals surface area contributed by atoms with Gasteiger partial charge in [-0.1, -0.05) is 17.7 Å². The van der Waals surface area contributed by atoms with E-state index in [1.807, 2.05) is 12.1 Å². The summed E-state index contributed by atoms with van der Waals surface area (Å²) < 4.78 is 2.25. The third kappa shape index (κ3) is 4.02. The lowest BCUT2D eigenvalue weighted by atomic mass is 10.2. The van der Waals surface area contributed by atoms with Crippen LogP contribution in [0.15, 0.2) is 48.8 Å². The highest BCUT2D eigenvalue weighted by molar-refractivity contribution is 6.30. The number of piperazine rings is 1. The van der Waals surface area contributed by atoms with E-state index >= 15 is 0 Å². The first kappa shape index (κ1) is 14.5. The third-order valence-electron chi connectivity index (χ3n) is 4.10. The zero-order valence-electron chi connectivity index (χ0n) is 12.3. The first-order valence-electron chi connectivity index (χ1n) is 7.65. The maximum Gasteiger partial charge on any atom is 0.0426 e. The zero-order chi connectivity index (χ0) is 14.5. The van der Waals surface area contributed by atoms with Crippen molar-refractivity contribution in [1.29, 1.82) is 0 Å². The normalized spacial score (nSPS) is 16.3. The van der Waals surface area contributed by atoms with Crippen molar-refractivity contribution < 1.29 is 0 Å². The highest BCUT2D eigenvalue weighted by Gasteiger charge is 2.16. The van der Waals surface area contributed by atoms with Gasteiger partial charge < -0.3 is 9.47 Å². The summed E-state index contributed by atoms with van der Waals surface area (Å²) in [6, 6.07) is 12.3. The second-order valence-corrected chi connectivity index (χ2v) is 6.02. The minimum absolute atomic E-state index is 0.821. The van der Waals surface area contributed by atoms with E-state index in [2.05, 4.69) is 51.0 Å². The van der Waals surface area contributed by atoms with Gasteiger partial charge in [0.25, 0.3) is 0 Å². The summed E-state index contributed by atoms with van der Waals surface area (Å²) in [5.41, 5.74) is 1.24. The highest BCUT2D eigenvalue weighted by Crippen LogP contribution is 2.20. The summed E-state index contributed by atoms with van der Waals surface area (Å²) in [6.45, 7) is 6.74. The molecule has 0 bridgehead atoms. The largest absolute Gasteiger partial charge is 0.369 e. The number of hydrogen-bond acceptors (Lipinski definition) is 2. The Balaban J connectivity index is 1.42. The minimum Gasteiger partial charge on any atom is -0.369 e. The molecule has 1 aromatic heterocycles. The Kier molecular flexibility index (Phi) is 4.84. The average molecular weight is 304 g/mol. The van der Waals surface area contributed by atoms with Gasteiger partial charge >= 0.3 is 0 Å². The van der Waals surface area contributed by atoms with E-state index in [-0.39, 0.29) is 0 Å². The molecule has 0 N–H and O–H groups in total. The van der Waals surface area contributed by atoms with E-state index in [1.165, 1.54) is 18.7 Å². The van der Waals surface area contributed by atoms with Gasteiger partial charge in [-0.05, 0) is 43.3 Å². The Labute approximate surface area is 131 Å². The van der Waals surface area contributed by atoms with E-state index in [4.69, 9.17) is 11.6 Å². The Bertz CT molecular complexity index is 545. The molecule has 1 aliphatic heterocycles. The van der Waals surface area contributed by atoms with Crippen LogP contribution in [0.25, 0.3) is 0 Å². The summed E-state index contributed by atoms with van der Waals surface area (Å²) >= 11 is 6.07. The number of rotatable bonds is 5. The first-order chi connectivity index (χ1) is 10.3. The zero-order valence-corrected chi connectivity index (χ0v) is 13.0. The molecule has 21 heavy (non-hydrogen) atoms. The Morgan fingerprint density at radius 1 is 0.905 bits per heavy atom. The molecule has 0 radical (unpaired) electrons. The average Bonchev–Trinajstić information content (AvgIpc) is 3.01. The number of aromatic nitrogens is 1. The van der Waals surface area contributed by atoms with Gasteiger partial charge in [0.15, 0.2) is 0 Å². The smallest absolute Gasteiger partial charge is 0.0426 e. The number of hydrogen-bond donors (Lipinski definition) is 0. The molecule has 1 aromatic carbocycles. The van der Waals surface area contributed by atoms with Crippen molar-refractivity contribution >= 4 is 17.3 Å². The van der Waals surface area contributed by atoms with Crippen molar-refractivity contribution in [2.75, 3.05) is 37.6 Å². The van der Waals surface area contributed by atoms with E-state index in [1.54, 1.807) is 0 Å². The molecule has 0 aliphatic carbocycles. The van der Waals surface area contributed by atoms with Crippen LogP contribution in [0, 0.1) is 0 Å². The van der Waals surface area contributed by atoms with Crippen LogP contribution in [-0.2, 0) is 6.54 Å². The number of nitrogens with zero attached hydrogens (tertiary/aromatic N) is 3. The quantitative estimate of drug-likeness (QED) is 0.839. The van der Waals surface area contributed by atoms with Crippen LogP contribution >= 0.6 is 11.6 Å². The van der Waals surface area contributed by atoms with Crippen LogP contribution in [0.3, 0.4) is 0 Å². The van der Waals surface area contributed by atoms with E-state index < -0.39 is 0 Å². The maximum absolute atomic E-state index is 6.07. The fourth-order valence-electron chi connectivity index (χ4n) is 2.90. The van der Waals surface area contributed by atoms with Crippen molar-refractivity contribution in [3.05, 3.63) is 53.8 Å². The predicted molar refractivity (Wildman–Crippen MR) is 89.2 cm³/mol. The molecule has 1 saturated heterocycles. The topological polar surface area (TPSA) is 11.4 Å². The molecule has 0 saturated carbocycles. The molecule has 0 spiro atoms. The Hall–Kier alpha value is -1.45. The SMILES string of the molecule is Clc1cccc(N2CCN(CCCn3cccc3)CC2)c1. The molecule has 3 nitrogen and oxygen atoms in total. The molecule has 4 heteroatoms. The van der Waals surface area contributed by atoms with Gasteiger partial charge in [0.05, 0.1) is 0 Å². The van der Waals surface area contributed by atoms with Crippen LogP contribution in [0.4, 0.5) is 5.69 Å². The summed E-state index contributed by atoms with van der Waals surface area (Å²) in [7, 11) is 0. The molecule has 2 heterocycles. The number of halogens is 1. The van der Waals surface area contributed by atoms with Crippen molar-refractivity contribution in [1.82, 2.24) is 9.47 Å². The molecule has 2 aromatic rings. The fourth-order valence-corrected chi connectivity index (χ4v) is 3.08. The summed E-state index contributed by atoms with van der Waals surface area (Å²) in [4.78, 5) is 4.98. The molecule has 0 unspecified atom stereocenters. The predicted octanol–water partition coefficient (Wildman–Crippen LogP) is 3.35. The van der Waals surface area contributed by atoms with E-state index in [0.29, 0.717) is 0 Å². The number of aryl methyl sites for hydroxylation is 1. The van der Waals surface area contributed by atoms with E-state index in [0.717, 1.165) is 37.7 Å². The van der Waals surface area contributed by atoms with Gasteiger partial charge in [-0.15, -0.1) is 0 Å². The standard InChI is InChI=1S/C17H22ClN3/c18-16-5-3-6-17(15-16)21-13-11-20(12-14-21)10-4-9-19-7-1-2-8-19/h1-3,5-8,15H,4,9-14H2. The summed E-state index contributed by atoms with van der Waals surface area (Å²) in [5, 5.41) is 0.821. The van der Waals surface area contributed by atoms with Crippen LogP contribution in [0.2, 0.25) is 5.02 Å². The molecule has 3 rings (SSSR count).